The number of halogens is 1. The van der Waals surface area contributed by atoms with E-state index in [9.17, 15) is 17.6 Å². The van der Waals surface area contributed by atoms with Crippen LogP contribution in [-0.4, -0.2) is 45.7 Å². The fraction of sp³-hybridized carbons (Fsp3) is 0.350. The van der Waals surface area contributed by atoms with Gasteiger partial charge in [-0.1, -0.05) is 25.1 Å². The van der Waals surface area contributed by atoms with Crippen LogP contribution in [0.1, 0.15) is 18.9 Å². The first-order valence-electron chi connectivity index (χ1n) is 8.80. The Morgan fingerprint density at radius 2 is 1.75 bits per heavy atom. The van der Waals surface area contributed by atoms with Crippen molar-refractivity contribution in [3.63, 3.8) is 0 Å². The standard InChI is InChI=1S/C20H25FN2O4S/c1-5-18(23(28(4,25)26)17-12-10-16(21)11-13-17)20(24)22(2)14-15-8-6-7-9-19(15)27-3/h6-13,18H,5,14H2,1-4H3/t18-/m0/s1. The van der Waals surface area contributed by atoms with E-state index in [0.29, 0.717) is 5.75 Å². The smallest absolute Gasteiger partial charge is 0.246 e. The molecule has 1 atom stereocenters. The van der Waals surface area contributed by atoms with E-state index in [2.05, 4.69) is 0 Å². The Morgan fingerprint density at radius 3 is 2.29 bits per heavy atom. The van der Waals surface area contributed by atoms with Crippen molar-refractivity contribution in [2.45, 2.75) is 25.9 Å². The van der Waals surface area contributed by atoms with Gasteiger partial charge < -0.3 is 9.64 Å². The summed E-state index contributed by atoms with van der Waals surface area (Å²) < 4.78 is 44.5. The minimum absolute atomic E-state index is 0.245. The van der Waals surface area contributed by atoms with E-state index in [-0.39, 0.29) is 24.6 Å². The number of sulfonamides is 1. The maximum atomic E-state index is 13.3. The number of carbonyl (C=O) groups excluding carboxylic acids is 1. The maximum absolute atomic E-state index is 13.3. The molecule has 2 aromatic carbocycles. The van der Waals surface area contributed by atoms with Gasteiger partial charge in [0.1, 0.15) is 17.6 Å². The van der Waals surface area contributed by atoms with Crippen molar-refractivity contribution in [3.05, 3.63) is 59.9 Å². The van der Waals surface area contributed by atoms with E-state index in [1.807, 2.05) is 18.2 Å². The quantitative estimate of drug-likeness (QED) is 0.673. The lowest BCUT2D eigenvalue weighted by Crippen LogP contribution is -2.49. The van der Waals surface area contributed by atoms with E-state index in [1.165, 1.54) is 29.2 Å². The van der Waals surface area contributed by atoms with Crippen LogP contribution in [0.4, 0.5) is 10.1 Å². The third kappa shape index (κ3) is 5.01. The summed E-state index contributed by atoms with van der Waals surface area (Å²) in [4.78, 5) is 14.6. The molecular weight excluding hydrogens is 383 g/mol. The Labute approximate surface area is 165 Å². The first-order valence-corrected chi connectivity index (χ1v) is 10.7. The molecule has 0 fully saturated rings. The second kappa shape index (κ2) is 9.05. The number of amides is 1. The van der Waals surface area contributed by atoms with E-state index < -0.39 is 21.9 Å². The molecule has 0 saturated carbocycles. The van der Waals surface area contributed by atoms with Gasteiger partial charge in [0.25, 0.3) is 0 Å². The summed E-state index contributed by atoms with van der Waals surface area (Å²) in [6, 6.07) is 11.4. The largest absolute Gasteiger partial charge is 0.496 e. The second-order valence-corrected chi connectivity index (χ2v) is 8.32. The third-order valence-corrected chi connectivity index (χ3v) is 5.55. The summed E-state index contributed by atoms with van der Waals surface area (Å²) in [7, 11) is -0.603. The minimum atomic E-state index is -3.77. The molecule has 0 radical (unpaired) electrons. The van der Waals surface area contributed by atoms with Crippen molar-refractivity contribution in [2.75, 3.05) is 24.7 Å². The number of anilines is 1. The molecule has 0 aliphatic rings. The summed E-state index contributed by atoms with van der Waals surface area (Å²) in [5.74, 6) is -0.193. The van der Waals surface area contributed by atoms with Gasteiger partial charge in [0.2, 0.25) is 15.9 Å². The van der Waals surface area contributed by atoms with Gasteiger partial charge in [-0.05, 0) is 36.8 Å². The molecule has 2 rings (SSSR count). The van der Waals surface area contributed by atoms with Crippen molar-refractivity contribution in [2.24, 2.45) is 0 Å². The molecule has 1 amide bonds. The van der Waals surface area contributed by atoms with Crippen molar-refractivity contribution >= 4 is 21.6 Å². The Hall–Kier alpha value is -2.61. The van der Waals surface area contributed by atoms with Crippen LogP contribution in [0, 0.1) is 5.82 Å². The van der Waals surface area contributed by atoms with Crippen molar-refractivity contribution in [1.29, 1.82) is 0 Å². The topological polar surface area (TPSA) is 66.9 Å². The lowest BCUT2D eigenvalue weighted by atomic mass is 10.1. The molecule has 6 nitrogen and oxygen atoms in total. The SMILES string of the molecule is CC[C@@H](C(=O)N(C)Cc1ccccc1OC)N(c1ccc(F)cc1)S(C)(=O)=O. The lowest BCUT2D eigenvalue weighted by molar-refractivity contribution is -0.131. The van der Waals surface area contributed by atoms with Crippen molar-refractivity contribution in [1.82, 2.24) is 4.90 Å². The average molecular weight is 408 g/mol. The molecule has 152 valence electrons. The van der Waals surface area contributed by atoms with Gasteiger partial charge in [-0.15, -0.1) is 0 Å². The summed E-state index contributed by atoms with van der Waals surface area (Å²) in [5, 5.41) is 0. The van der Waals surface area contributed by atoms with Crippen LogP contribution in [0.25, 0.3) is 0 Å². The normalized spacial score (nSPS) is 12.3. The van der Waals surface area contributed by atoms with Gasteiger partial charge in [-0.2, -0.15) is 0 Å². The van der Waals surface area contributed by atoms with Crippen LogP contribution in [0.2, 0.25) is 0 Å². The lowest BCUT2D eigenvalue weighted by Gasteiger charge is -2.33. The van der Waals surface area contributed by atoms with Crippen molar-refractivity contribution in [3.8, 4) is 5.75 Å². The first kappa shape index (κ1) is 21.7. The molecule has 8 heteroatoms. The van der Waals surface area contributed by atoms with Crippen LogP contribution in [0.3, 0.4) is 0 Å². The zero-order valence-electron chi connectivity index (χ0n) is 16.4. The van der Waals surface area contributed by atoms with E-state index in [4.69, 9.17) is 4.74 Å². The van der Waals surface area contributed by atoms with E-state index in [0.717, 1.165) is 16.1 Å². The Balaban J connectivity index is 2.34. The van der Waals surface area contributed by atoms with Crippen LogP contribution in [-0.2, 0) is 21.4 Å². The summed E-state index contributed by atoms with van der Waals surface area (Å²) in [6.07, 6.45) is 1.30. The molecule has 0 unspecified atom stereocenters. The average Bonchev–Trinajstić information content (AvgIpc) is 2.66. The number of nitrogens with zero attached hydrogens (tertiary/aromatic N) is 2. The fourth-order valence-electron chi connectivity index (χ4n) is 3.05. The van der Waals surface area contributed by atoms with Gasteiger partial charge in [0.05, 0.1) is 19.1 Å². The van der Waals surface area contributed by atoms with Crippen LogP contribution in [0.15, 0.2) is 48.5 Å². The fourth-order valence-corrected chi connectivity index (χ4v) is 4.26. The number of methoxy groups -OCH3 is 1. The number of ether oxygens (including phenoxy) is 1. The number of carbonyl (C=O) groups is 1. The monoisotopic (exact) mass is 408 g/mol. The number of likely N-dealkylation sites (N-methyl/N-ethyl adjacent to an activating group) is 1. The van der Waals surface area contributed by atoms with Gasteiger partial charge in [-0.3, -0.25) is 9.10 Å². The number of hydrogen-bond acceptors (Lipinski definition) is 4. The highest BCUT2D eigenvalue weighted by Crippen LogP contribution is 2.25. The summed E-state index contributed by atoms with van der Waals surface area (Å²) in [6.45, 7) is 2.00. The van der Waals surface area contributed by atoms with Gasteiger partial charge in [0, 0.05) is 19.2 Å². The molecule has 0 aromatic heterocycles. The molecule has 28 heavy (non-hydrogen) atoms. The number of benzene rings is 2. The predicted molar refractivity (Wildman–Crippen MR) is 107 cm³/mol. The van der Waals surface area contributed by atoms with Gasteiger partial charge in [-0.25, -0.2) is 12.8 Å². The zero-order chi connectivity index (χ0) is 20.9. The Morgan fingerprint density at radius 1 is 1.14 bits per heavy atom. The first-order chi connectivity index (χ1) is 13.2. The predicted octanol–water partition coefficient (Wildman–Crippen LogP) is 3.04. The maximum Gasteiger partial charge on any atom is 0.246 e. The third-order valence-electron chi connectivity index (χ3n) is 4.37. The minimum Gasteiger partial charge on any atom is -0.496 e. The summed E-state index contributed by atoms with van der Waals surface area (Å²) in [5.41, 5.74) is 1.05. The second-order valence-electron chi connectivity index (χ2n) is 6.47. The molecule has 0 bridgehead atoms. The highest BCUT2D eigenvalue weighted by atomic mass is 32.2. The zero-order valence-corrected chi connectivity index (χ0v) is 17.2. The summed E-state index contributed by atoms with van der Waals surface area (Å²) >= 11 is 0. The number of para-hydroxylation sites is 1. The molecule has 0 spiro atoms. The van der Waals surface area contributed by atoms with E-state index >= 15 is 0 Å². The van der Waals surface area contributed by atoms with E-state index in [1.54, 1.807) is 27.1 Å². The Kier molecular flexibility index (Phi) is 7.01. The van der Waals surface area contributed by atoms with Gasteiger partial charge >= 0.3 is 0 Å². The van der Waals surface area contributed by atoms with Gasteiger partial charge in [0.15, 0.2) is 0 Å². The molecule has 2 aromatic rings. The molecular formula is C20H25FN2O4S. The molecule has 0 heterocycles. The van der Waals surface area contributed by atoms with Crippen LogP contribution in [0.5, 0.6) is 5.75 Å². The van der Waals surface area contributed by atoms with Crippen molar-refractivity contribution < 1.29 is 22.3 Å². The van der Waals surface area contributed by atoms with Crippen LogP contribution >= 0.6 is 0 Å². The molecule has 0 saturated heterocycles. The molecule has 0 aliphatic carbocycles. The molecule has 0 aliphatic heterocycles. The highest BCUT2D eigenvalue weighted by Gasteiger charge is 2.33. The number of rotatable bonds is 8. The Bertz CT molecular complexity index is 916. The molecule has 0 N–H and O–H groups in total. The number of hydrogen-bond donors (Lipinski definition) is 0. The highest BCUT2D eigenvalue weighted by molar-refractivity contribution is 7.92. The van der Waals surface area contributed by atoms with Crippen LogP contribution < -0.4 is 9.04 Å².